The molecule has 2 N–H and O–H groups in total. The number of nitrogens with two attached hydrogens (primary N) is 1. The Bertz CT molecular complexity index is 519. The van der Waals surface area contributed by atoms with Crippen LogP contribution in [0.3, 0.4) is 0 Å². The van der Waals surface area contributed by atoms with Crippen LogP contribution in [0.15, 0.2) is 35.1 Å². The van der Waals surface area contributed by atoms with Crippen LogP contribution < -0.4 is 5.73 Å². The van der Waals surface area contributed by atoms with Gasteiger partial charge in [-0.3, -0.25) is 4.68 Å². The van der Waals surface area contributed by atoms with E-state index in [-0.39, 0.29) is 6.04 Å². The summed E-state index contributed by atoms with van der Waals surface area (Å²) in [5.74, 6) is 0. The van der Waals surface area contributed by atoms with Gasteiger partial charge in [-0.05, 0) is 30.2 Å². The second-order valence-corrected chi connectivity index (χ2v) is 5.57. The highest BCUT2D eigenvalue weighted by molar-refractivity contribution is 9.10. The predicted molar refractivity (Wildman–Crippen MR) is 77.7 cm³/mol. The maximum atomic E-state index is 6.23. The molecule has 5 heteroatoms. The van der Waals surface area contributed by atoms with E-state index in [9.17, 15) is 0 Å². The summed E-state index contributed by atoms with van der Waals surface area (Å²) in [6.07, 6.45) is 4.86. The number of aromatic nitrogens is 2. The first-order chi connectivity index (χ1) is 8.60. The molecule has 0 amide bonds. The molecule has 0 saturated heterocycles. The van der Waals surface area contributed by atoms with E-state index < -0.39 is 0 Å². The minimum absolute atomic E-state index is 0.203. The number of halogens is 2. The zero-order valence-corrected chi connectivity index (χ0v) is 12.4. The van der Waals surface area contributed by atoms with Crippen LogP contribution in [0.5, 0.6) is 0 Å². The van der Waals surface area contributed by atoms with Gasteiger partial charge in [0.25, 0.3) is 0 Å². The van der Waals surface area contributed by atoms with Crippen LogP contribution in [0.4, 0.5) is 0 Å². The molecule has 2 rings (SSSR count). The predicted octanol–water partition coefficient (Wildman–Crippen LogP) is 3.76. The lowest BCUT2D eigenvalue weighted by Crippen LogP contribution is -2.11. The molecule has 3 nitrogen and oxygen atoms in total. The molecule has 96 valence electrons. The Labute approximate surface area is 120 Å². The fraction of sp³-hybridized carbons (Fsp3) is 0.308. The van der Waals surface area contributed by atoms with E-state index in [4.69, 9.17) is 17.3 Å². The van der Waals surface area contributed by atoms with E-state index in [0.717, 1.165) is 28.6 Å². The van der Waals surface area contributed by atoms with E-state index >= 15 is 0 Å². The molecule has 1 atom stereocenters. The van der Waals surface area contributed by atoms with Crippen LogP contribution in [-0.4, -0.2) is 9.78 Å². The molecule has 2 aromatic rings. The molecule has 1 unspecified atom stereocenters. The Morgan fingerprint density at radius 1 is 1.39 bits per heavy atom. The van der Waals surface area contributed by atoms with Gasteiger partial charge in [0, 0.05) is 27.8 Å². The van der Waals surface area contributed by atoms with Gasteiger partial charge in [0.1, 0.15) is 0 Å². The van der Waals surface area contributed by atoms with Crippen LogP contribution in [-0.2, 0) is 6.54 Å². The highest BCUT2D eigenvalue weighted by Crippen LogP contribution is 2.26. The Kier molecular flexibility index (Phi) is 4.43. The van der Waals surface area contributed by atoms with Gasteiger partial charge in [-0.1, -0.05) is 34.5 Å². The standard InChI is InChI=1S/C13H15BrClN3/c1-2-3-18-8-10(7-17-18)13(16)9-4-11(14)6-12(15)5-9/h4-8,13H,2-3,16H2,1H3. The van der Waals surface area contributed by atoms with Crippen molar-refractivity contribution < 1.29 is 0 Å². The quantitative estimate of drug-likeness (QED) is 0.928. The van der Waals surface area contributed by atoms with Crippen molar-refractivity contribution in [3.8, 4) is 0 Å². The van der Waals surface area contributed by atoms with Crippen molar-refractivity contribution in [1.29, 1.82) is 0 Å². The Balaban J connectivity index is 2.26. The van der Waals surface area contributed by atoms with Crippen molar-refractivity contribution in [2.45, 2.75) is 25.9 Å². The van der Waals surface area contributed by atoms with Crippen molar-refractivity contribution in [2.75, 3.05) is 0 Å². The van der Waals surface area contributed by atoms with Gasteiger partial charge in [-0.2, -0.15) is 5.10 Å². The summed E-state index contributed by atoms with van der Waals surface area (Å²) in [6, 6.07) is 5.51. The van der Waals surface area contributed by atoms with Gasteiger partial charge in [-0.25, -0.2) is 0 Å². The Morgan fingerprint density at radius 3 is 2.83 bits per heavy atom. The summed E-state index contributed by atoms with van der Waals surface area (Å²) >= 11 is 9.45. The molecule has 0 aliphatic heterocycles. The Morgan fingerprint density at radius 2 is 2.17 bits per heavy atom. The van der Waals surface area contributed by atoms with Crippen LogP contribution in [0.2, 0.25) is 5.02 Å². The number of hydrogen-bond donors (Lipinski definition) is 1. The molecule has 1 heterocycles. The van der Waals surface area contributed by atoms with Crippen molar-refractivity contribution in [2.24, 2.45) is 5.73 Å². The maximum absolute atomic E-state index is 6.23. The maximum Gasteiger partial charge on any atom is 0.0583 e. The van der Waals surface area contributed by atoms with Crippen molar-refractivity contribution in [1.82, 2.24) is 9.78 Å². The van der Waals surface area contributed by atoms with Crippen molar-refractivity contribution in [3.63, 3.8) is 0 Å². The highest BCUT2D eigenvalue weighted by Gasteiger charge is 2.12. The minimum Gasteiger partial charge on any atom is -0.320 e. The highest BCUT2D eigenvalue weighted by atomic mass is 79.9. The normalized spacial score (nSPS) is 12.7. The topological polar surface area (TPSA) is 43.8 Å². The zero-order valence-electron chi connectivity index (χ0n) is 10.1. The minimum atomic E-state index is -0.203. The number of benzene rings is 1. The van der Waals surface area contributed by atoms with Crippen molar-refractivity contribution >= 4 is 27.5 Å². The lowest BCUT2D eigenvalue weighted by atomic mass is 10.0. The first kappa shape index (κ1) is 13.6. The summed E-state index contributed by atoms with van der Waals surface area (Å²) < 4.78 is 2.84. The first-order valence-electron chi connectivity index (χ1n) is 5.84. The molecular formula is C13H15BrClN3. The molecule has 18 heavy (non-hydrogen) atoms. The van der Waals surface area contributed by atoms with Crippen LogP contribution >= 0.6 is 27.5 Å². The van der Waals surface area contributed by atoms with Crippen molar-refractivity contribution in [3.05, 3.63) is 51.2 Å². The summed E-state index contributed by atoms with van der Waals surface area (Å²) in [5.41, 5.74) is 8.21. The van der Waals surface area contributed by atoms with E-state index in [0.29, 0.717) is 5.02 Å². The van der Waals surface area contributed by atoms with Crippen LogP contribution in [0.25, 0.3) is 0 Å². The fourth-order valence-corrected chi connectivity index (χ4v) is 2.73. The smallest absolute Gasteiger partial charge is 0.0583 e. The van der Waals surface area contributed by atoms with Gasteiger partial charge in [-0.15, -0.1) is 0 Å². The monoisotopic (exact) mass is 327 g/mol. The number of hydrogen-bond acceptors (Lipinski definition) is 2. The molecule has 0 spiro atoms. The van der Waals surface area contributed by atoms with E-state index in [1.807, 2.05) is 35.3 Å². The third-order valence-electron chi connectivity index (χ3n) is 2.71. The molecule has 1 aromatic heterocycles. The molecule has 0 aliphatic rings. The second kappa shape index (κ2) is 5.87. The van der Waals surface area contributed by atoms with Gasteiger partial charge in [0.2, 0.25) is 0 Å². The van der Waals surface area contributed by atoms with E-state index in [1.54, 1.807) is 0 Å². The van der Waals surface area contributed by atoms with Gasteiger partial charge in [0.05, 0.1) is 12.2 Å². The Hall–Kier alpha value is -0.840. The largest absolute Gasteiger partial charge is 0.320 e. The summed E-state index contributed by atoms with van der Waals surface area (Å²) in [7, 11) is 0. The third-order valence-corrected chi connectivity index (χ3v) is 3.39. The lowest BCUT2D eigenvalue weighted by Gasteiger charge is -2.11. The van der Waals surface area contributed by atoms with E-state index in [1.165, 1.54) is 0 Å². The molecule has 0 aliphatic carbocycles. The molecule has 0 fully saturated rings. The number of rotatable bonds is 4. The van der Waals surface area contributed by atoms with Gasteiger partial charge >= 0.3 is 0 Å². The van der Waals surface area contributed by atoms with Crippen LogP contribution in [0.1, 0.15) is 30.5 Å². The summed E-state index contributed by atoms with van der Waals surface area (Å²) in [4.78, 5) is 0. The SMILES string of the molecule is CCCn1cc(C(N)c2cc(Cl)cc(Br)c2)cn1. The average molecular weight is 329 g/mol. The van der Waals surface area contributed by atoms with E-state index in [2.05, 4.69) is 28.0 Å². The molecule has 0 radical (unpaired) electrons. The van der Waals surface area contributed by atoms with Gasteiger partial charge < -0.3 is 5.73 Å². The summed E-state index contributed by atoms with van der Waals surface area (Å²) in [6.45, 7) is 3.03. The molecule has 0 saturated carbocycles. The fourth-order valence-electron chi connectivity index (χ4n) is 1.84. The zero-order chi connectivity index (χ0) is 13.1. The third kappa shape index (κ3) is 3.13. The molecular weight excluding hydrogens is 314 g/mol. The molecule has 1 aromatic carbocycles. The number of aryl methyl sites for hydroxylation is 1. The lowest BCUT2D eigenvalue weighted by molar-refractivity contribution is 0.602. The van der Waals surface area contributed by atoms with Gasteiger partial charge in [0.15, 0.2) is 0 Å². The first-order valence-corrected chi connectivity index (χ1v) is 7.01. The molecule has 0 bridgehead atoms. The summed E-state index contributed by atoms with van der Waals surface area (Å²) in [5, 5.41) is 4.97. The average Bonchev–Trinajstić information content (AvgIpc) is 2.76. The second-order valence-electron chi connectivity index (χ2n) is 4.22. The van der Waals surface area contributed by atoms with Crippen LogP contribution in [0, 0.1) is 0 Å². The number of nitrogens with zero attached hydrogens (tertiary/aromatic N) is 2.